The van der Waals surface area contributed by atoms with Gasteiger partial charge in [0, 0.05) is 59.5 Å². The number of likely N-dealkylation sites (N-methyl/N-ethyl adjacent to an activating group) is 1. The molecular formula is C23H41N5O2. The lowest BCUT2D eigenvalue weighted by Gasteiger charge is -2.29. The van der Waals surface area contributed by atoms with Gasteiger partial charge < -0.3 is 25.4 Å². The molecule has 2 rings (SSSR count). The first-order valence-corrected chi connectivity index (χ1v) is 11.3. The van der Waals surface area contributed by atoms with Crippen LogP contribution in [-0.2, 0) is 17.8 Å². The molecule has 1 fully saturated rings. The second-order valence-electron chi connectivity index (χ2n) is 8.10. The molecule has 0 atom stereocenters. The summed E-state index contributed by atoms with van der Waals surface area (Å²) in [7, 11) is 3.88. The number of guanidine groups is 1. The summed E-state index contributed by atoms with van der Waals surface area (Å²) in [6.45, 7) is 10.2. The van der Waals surface area contributed by atoms with Crippen LogP contribution < -0.4 is 10.6 Å². The molecule has 1 aromatic rings. The number of aliphatic hydroxyl groups excluding tert-OH is 1. The molecule has 1 aromatic carbocycles. The van der Waals surface area contributed by atoms with Crippen molar-refractivity contribution < 1.29 is 9.84 Å². The van der Waals surface area contributed by atoms with Gasteiger partial charge >= 0.3 is 0 Å². The third-order valence-corrected chi connectivity index (χ3v) is 5.42. The van der Waals surface area contributed by atoms with Crippen LogP contribution in [0.2, 0.25) is 0 Å². The summed E-state index contributed by atoms with van der Waals surface area (Å²) in [6, 6.07) is 8.74. The molecule has 0 radical (unpaired) electrons. The number of nitrogens with one attached hydrogen (secondary N) is 2. The molecule has 1 heterocycles. The van der Waals surface area contributed by atoms with Crippen LogP contribution in [0, 0.1) is 0 Å². The zero-order valence-corrected chi connectivity index (χ0v) is 19.1. The Morgan fingerprint density at radius 3 is 2.53 bits per heavy atom. The minimum atomic E-state index is -0.114. The normalized spacial score (nSPS) is 16.2. The number of aliphatic hydroxyl groups is 1. The fourth-order valence-corrected chi connectivity index (χ4v) is 3.55. The molecule has 0 spiro atoms. The lowest BCUT2D eigenvalue weighted by Crippen LogP contribution is -2.41. The summed E-state index contributed by atoms with van der Waals surface area (Å²) in [6.07, 6.45) is 2.71. The van der Waals surface area contributed by atoms with E-state index in [9.17, 15) is 5.11 Å². The van der Waals surface area contributed by atoms with Crippen molar-refractivity contribution in [2.24, 2.45) is 4.99 Å². The van der Waals surface area contributed by atoms with E-state index >= 15 is 0 Å². The Kier molecular flexibility index (Phi) is 11.8. The average Bonchev–Trinajstić information content (AvgIpc) is 2.75. The second-order valence-corrected chi connectivity index (χ2v) is 8.10. The van der Waals surface area contributed by atoms with Crippen LogP contribution in [0.5, 0.6) is 0 Å². The lowest BCUT2D eigenvalue weighted by atomic mass is 10.1. The standard InChI is InChI=1S/C23H41N5O2/c1-4-24-23(25-12-16-27(2)13-5-17-30-3)26-18-20-6-8-21(9-7-20)19-28-14-10-22(29)11-15-28/h6-9,22,29H,4-5,10-19H2,1-3H3,(H2,24,25,26). The highest BCUT2D eigenvalue weighted by Crippen LogP contribution is 2.14. The van der Waals surface area contributed by atoms with Crippen molar-refractivity contribution in [1.82, 2.24) is 20.4 Å². The van der Waals surface area contributed by atoms with Crippen molar-refractivity contribution in [2.45, 2.75) is 45.4 Å². The van der Waals surface area contributed by atoms with E-state index in [0.29, 0.717) is 6.54 Å². The van der Waals surface area contributed by atoms with Crippen molar-refractivity contribution in [1.29, 1.82) is 0 Å². The molecule has 3 N–H and O–H groups in total. The number of ether oxygens (including phenoxy) is 1. The lowest BCUT2D eigenvalue weighted by molar-refractivity contribution is 0.0792. The molecule has 0 aromatic heterocycles. The number of rotatable bonds is 12. The average molecular weight is 420 g/mol. The molecule has 0 aliphatic carbocycles. The van der Waals surface area contributed by atoms with Gasteiger partial charge in [-0.1, -0.05) is 24.3 Å². The van der Waals surface area contributed by atoms with Crippen LogP contribution in [0.3, 0.4) is 0 Å². The number of likely N-dealkylation sites (tertiary alicyclic amines) is 1. The van der Waals surface area contributed by atoms with Gasteiger partial charge in [0.15, 0.2) is 5.96 Å². The van der Waals surface area contributed by atoms with Gasteiger partial charge in [-0.15, -0.1) is 0 Å². The van der Waals surface area contributed by atoms with E-state index in [4.69, 9.17) is 9.73 Å². The highest BCUT2D eigenvalue weighted by molar-refractivity contribution is 5.79. The fourth-order valence-electron chi connectivity index (χ4n) is 3.55. The molecule has 7 nitrogen and oxygen atoms in total. The highest BCUT2D eigenvalue weighted by atomic mass is 16.5. The maximum absolute atomic E-state index is 9.64. The Balaban J connectivity index is 1.75. The molecule has 0 saturated carbocycles. The van der Waals surface area contributed by atoms with E-state index in [-0.39, 0.29) is 6.10 Å². The maximum atomic E-state index is 9.64. The smallest absolute Gasteiger partial charge is 0.191 e. The van der Waals surface area contributed by atoms with E-state index < -0.39 is 0 Å². The van der Waals surface area contributed by atoms with Crippen molar-refractivity contribution in [3.63, 3.8) is 0 Å². The minimum Gasteiger partial charge on any atom is -0.393 e. The Hall–Kier alpha value is -1.67. The monoisotopic (exact) mass is 419 g/mol. The molecule has 1 aliphatic rings. The number of hydrogen-bond acceptors (Lipinski definition) is 5. The van der Waals surface area contributed by atoms with Crippen molar-refractivity contribution in [2.75, 3.05) is 60.0 Å². The summed E-state index contributed by atoms with van der Waals surface area (Å²) in [5.74, 6) is 0.860. The predicted molar refractivity (Wildman–Crippen MR) is 124 cm³/mol. The summed E-state index contributed by atoms with van der Waals surface area (Å²) < 4.78 is 5.11. The Morgan fingerprint density at radius 2 is 1.87 bits per heavy atom. The molecular weight excluding hydrogens is 378 g/mol. The molecule has 7 heteroatoms. The number of methoxy groups -OCH3 is 1. The van der Waals surface area contributed by atoms with Crippen LogP contribution in [0.1, 0.15) is 37.3 Å². The summed E-state index contributed by atoms with van der Waals surface area (Å²) in [4.78, 5) is 9.45. The van der Waals surface area contributed by atoms with Crippen LogP contribution >= 0.6 is 0 Å². The van der Waals surface area contributed by atoms with E-state index in [1.165, 1.54) is 11.1 Å². The van der Waals surface area contributed by atoms with Gasteiger partial charge in [0.1, 0.15) is 0 Å². The van der Waals surface area contributed by atoms with Gasteiger partial charge in [-0.2, -0.15) is 0 Å². The van der Waals surface area contributed by atoms with Gasteiger partial charge in [0.2, 0.25) is 0 Å². The van der Waals surface area contributed by atoms with Crippen molar-refractivity contribution in [3.8, 4) is 0 Å². The van der Waals surface area contributed by atoms with Crippen LogP contribution in [0.4, 0.5) is 0 Å². The first kappa shape index (κ1) is 24.6. The Morgan fingerprint density at radius 1 is 1.17 bits per heavy atom. The molecule has 0 bridgehead atoms. The maximum Gasteiger partial charge on any atom is 0.191 e. The van der Waals surface area contributed by atoms with Crippen LogP contribution in [-0.4, -0.2) is 87.0 Å². The molecule has 30 heavy (non-hydrogen) atoms. The zero-order valence-electron chi connectivity index (χ0n) is 19.1. The van der Waals surface area contributed by atoms with Crippen molar-refractivity contribution >= 4 is 5.96 Å². The predicted octanol–water partition coefficient (Wildman–Crippen LogP) is 1.67. The SMILES string of the molecule is CCNC(=NCc1ccc(CN2CCC(O)CC2)cc1)NCCN(C)CCCOC. The van der Waals surface area contributed by atoms with Gasteiger partial charge in [-0.25, -0.2) is 4.99 Å². The second kappa shape index (κ2) is 14.4. The molecule has 1 aliphatic heterocycles. The van der Waals surface area contributed by atoms with Crippen molar-refractivity contribution in [3.05, 3.63) is 35.4 Å². The third-order valence-electron chi connectivity index (χ3n) is 5.42. The number of hydrogen-bond donors (Lipinski definition) is 3. The minimum absolute atomic E-state index is 0.114. The Bertz CT molecular complexity index is 600. The van der Waals surface area contributed by atoms with Crippen LogP contribution in [0.15, 0.2) is 29.3 Å². The van der Waals surface area contributed by atoms with Gasteiger partial charge in [0.25, 0.3) is 0 Å². The van der Waals surface area contributed by atoms with E-state index in [2.05, 4.69) is 58.7 Å². The number of piperidine rings is 1. The number of aliphatic imine (C=N–C) groups is 1. The zero-order chi connectivity index (χ0) is 21.6. The third kappa shape index (κ3) is 9.89. The molecule has 0 unspecified atom stereocenters. The van der Waals surface area contributed by atoms with E-state index in [0.717, 1.165) is 77.6 Å². The topological polar surface area (TPSA) is 72.4 Å². The largest absolute Gasteiger partial charge is 0.393 e. The molecule has 0 amide bonds. The van der Waals surface area contributed by atoms with Gasteiger partial charge in [-0.3, -0.25) is 4.90 Å². The first-order chi connectivity index (χ1) is 14.6. The Labute approximate surface area is 182 Å². The summed E-state index contributed by atoms with van der Waals surface area (Å²) >= 11 is 0. The quantitative estimate of drug-likeness (QED) is 0.272. The van der Waals surface area contributed by atoms with Gasteiger partial charge in [0.05, 0.1) is 12.6 Å². The fraction of sp³-hybridized carbons (Fsp3) is 0.696. The van der Waals surface area contributed by atoms with E-state index in [1.54, 1.807) is 7.11 Å². The van der Waals surface area contributed by atoms with E-state index in [1.807, 2.05) is 0 Å². The first-order valence-electron chi connectivity index (χ1n) is 11.3. The highest BCUT2D eigenvalue weighted by Gasteiger charge is 2.16. The van der Waals surface area contributed by atoms with Crippen LogP contribution in [0.25, 0.3) is 0 Å². The molecule has 170 valence electrons. The number of nitrogens with zero attached hydrogens (tertiary/aromatic N) is 3. The van der Waals surface area contributed by atoms with Gasteiger partial charge in [-0.05, 0) is 44.4 Å². The molecule has 1 saturated heterocycles. The summed E-state index contributed by atoms with van der Waals surface area (Å²) in [5.41, 5.74) is 2.53. The number of benzene rings is 1. The summed E-state index contributed by atoms with van der Waals surface area (Å²) in [5, 5.41) is 16.4.